The Balaban J connectivity index is 1.30. The summed E-state index contributed by atoms with van der Waals surface area (Å²) in [7, 11) is -4.18. The molecule has 4 unspecified atom stereocenters. The minimum absolute atomic E-state index is 0.0800. The van der Waals surface area contributed by atoms with Crippen LogP contribution in [-0.4, -0.2) is 53.3 Å². The molecule has 13 heteroatoms. The molecule has 2 heterocycles. The first kappa shape index (κ1) is 40.4. The average Bonchev–Trinajstić information content (AvgIpc) is 3.90. The van der Waals surface area contributed by atoms with Crippen molar-refractivity contribution >= 4 is 48.6 Å². The van der Waals surface area contributed by atoms with Gasteiger partial charge in [-0.25, -0.2) is 8.42 Å². The van der Waals surface area contributed by atoms with Gasteiger partial charge in [0.25, 0.3) is 10.0 Å². The zero-order chi connectivity index (χ0) is 39.9. The lowest BCUT2D eigenvalue weighted by Crippen LogP contribution is -2.53. The number of sulfonamides is 1. The van der Waals surface area contributed by atoms with E-state index in [1.54, 1.807) is 11.4 Å². The molecule has 2 bridgehead atoms. The van der Waals surface area contributed by atoms with Crippen molar-refractivity contribution in [3.63, 3.8) is 0 Å². The molecule has 3 aromatic carbocycles. The lowest BCUT2D eigenvalue weighted by Gasteiger charge is -2.46. The molecule has 1 saturated carbocycles. The summed E-state index contributed by atoms with van der Waals surface area (Å²) in [5.41, 5.74) is 1.13. The average molecular weight is 824 g/mol. The second-order valence-corrected chi connectivity index (χ2v) is 19.5. The number of rotatable bonds is 9. The number of hydrogen-bond donors (Lipinski definition) is 2. The lowest BCUT2D eigenvalue weighted by atomic mass is 9.65. The number of allylic oxidation sites excluding steroid dienone is 2. The Morgan fingerprint density at radius 1 is 1.00 bits per heavy atom. The molecule has 3 aliphatic rings. The van der Waals surface area contributed by atoms with Gasteiger partial charge in [0, 0.05) is 28.8 Å². The number of ether oxygens (including phenoxy) is 1. The summed E-state index contributed by atoms with van der Waals surface area (Å²) in [4.78, 5) is 15.2. The summed E-state index contributed by atoms with van der Waals surface area (Å²) in [6.07, 6.45) is 0.0196. The summed E-state index contributed by atoms with van der Waals surface area (Å²) >= 11 is 2.47. The molecule has 2 aromatic heterocycles. The number of alkyl halides is 3. The molecule has 1 fully saturated rings. The van der Waals surface area contributed by atoms with Crippen LogP contribution in [-0.2, 0) is 23.0 Å². The highest BCUT2D eigenvalue weighted by Gasteiger charge is 2.58. The van der Waals surface area contributed by atoms with Crippen molar-refractivity contribution in [1.29, 1.82) is 0 Å². The number of hydrogen-bond acceptors (Lipinski definition) is 8. The SMILES string of the molecule is CC1=CCCC2(C)C(CCC2(O)CN(Cc2ccc(OC(F)(F)F)cc2)S(=O)(=O)c2cccs2)c2ccc(cc2C(=O)c2cc3ccccc3s2)CC(O)CC1. The number of nitrogens with zero attached hydrogens (tertiary/aromatic N) is 1. The molecule has 0 radical (unpaired) electrons. The van der Waals surface area contributed by atoms with Gasteiger partial charge < -0.3 is 14.9 Å². The van der Waals surface area contributed by atoms with Crippen molar-refractivity contribution in [1.82, 2.24) is 4.31 Å². The molecule has 56 heavy (non-hydrogen) atoms. The zero-order valence-corrected chi connectivity index (χ0v) is 33.5. The van der Waals surface area contributed by atoms with Crippen LogP contribution in [0.4, 0.5) is 13.2 Å². The summed E-state index contributed by atoms with van der Waals surface area (Å²) in [6, 6.07) is 23.7. The molecular formula is C43H44F3NO6S3. The third-order valence-electron chi connectivity index (χ3n) is 11.6. The molecule has 0 amide bonds. The molecule has 3 aliphatic carbocycles. The molecule has 0 saturated heterocycles. The Hall–Kier alpha value is -3.85. The van der Waals surface area contributed by atoms with Crippen molar-refractivity contribution in [3.05, 3.63) is 129 Å². The molecule has 0 spiro atoms. The molecular weight excluding hydrogens is 780 g/mol. The third kappa shape index (κ3) is 8.39. The van der Waals surface area contributed by atoms with E-state index in [1.807, 2.05) is 62.4 Å². The minimum Gasteiger partial charge on any atom is -0.406 e. The van der Waals surface area contributed by atoms with Gasteiger partial charge in [0.15, 0.2) is 0 Å². The normalized spacial score (nSPS) is 23.5. The number of ketones is 1. The van der Waals surface area contributed by atoms with Crippen LogP contribution in [0.1, 0.15) is 90.2 Å². The van der Waals surface area contributed by atoms with E-state index in [0.717, 1.165) is 50.3 Å². The van der Waals surface area contributed by atoms with E-state index in [4.69, 9.17) is 0 Å². The second-order valence-electron chi connectivity index (χ2n) is 15.3. The predicted molar refractivity (Wildman–Crippen MR) is 214 cm³/mol. The molecule has 5 aromatic rings. The number of carbonyl (C=O) groups excluding carboxylic acids is 1. The first-order valence-corrected chi connectivity index (χ1v) is 21.8. The Morgan fingerprint density at radius 3 is 2.48 bits per heavy atom. The quantitative estimate of drug-likeness (QED) is 0.113. The van der Waals surface area contributed by atoms with Crippen molar-refractivity contribution in [3.8, 4) is 5.75 Å². The smallest absolute Gasteiger partial charge is 0.406 e. The number of benzene rings is 3. The first-order valence-electron chi connectivity index (χ1n) is 18.7. The fourth-order valence-corrected chi connectivity index (χ4v) is 12.1. The van der Waals surface area contributed by atoms with Crippen LogP contribution in [0.3, 0.4) is 0 Å². The second kappa shape index (κ2) is 15.8. The molecule has 8 rings (SSSR count). The van der Waals surface area contributed by atoms with Crippen LogP contribution < -0.4 is 4.74 Å². The third-order valence-corrected chi connectivity index (χ3v) is 15.9. The van der Waals surface area contributed by atoms with Crippen LogP contribution in [0.5, 0.6) is 5.75 Å². The van der Waals surface area contributed by atoms with Crippen molar-refractivity contribution < 1.29 is 41.3 Å². The van der Waals surface area contributed by atoms with Crippen molar-refractivity contribution in [2.24, 2.45) is 5.41 Å². The van der Waals surface area contributed by atoms with E-state index < -0.39 is 39.3 Å². The fraction of sp³-hybridized carbons (Fsp3) is 0.372. The van der Waals surface area contributed by atoms with E-state index in [9.17, 15) is 36.6 Å². The molecule has 2 N–H and O–H groups in total. The van der Waals surface area contributed by atoms with Gasteiger partial charge in [0.2, 0.25) is 5.78 Å². The lowest BCUT2D eigenvalue weighted by molar-refractivity contribution is -0.274. The van der Waals surface area contributed by atoms with Crippen LogP contribution in [0.2, 0.25) is 0 Å². The van der Waals surface area contributed by atoms with Gasteiger partial charge in [-0.3, -0.25) is 4.79 Å². The van der Waals surface area contributed by atoms with E-state index >= 15 is 0 Å². The standard InChI is InChI=1S/C43H44F3NO6S3/c1-28-7-5-20-41(2)36(34-18-14-30(23-32(48)15-11-28)24-35(34)40(49)38-25-31-8-3-4-9-37(31)55-38)19-21-42(41,50)27-47(56(51,52)39-10-6-22-54-39)26-29-12-16-33(17-13-29)53-43(44,45)46/h3-4,6-10,12-14,16-18,22,24-25,32,36,48,50H,5,11,15,19-21,23,26-27H2,1-2H3. The summed E-state index contributed by atoms with van der Waals surface area (Å²) in [6.45, 7) is 3.52. The first-order chi connectivity index (χ1) is 26.5. The van der Waals surface area contributed by atoms with E-state index in [2.05, 4.69) is 10.8 Å². The topological polar surface area (TPSA) is 104 Å². The highest BCUT2D eigenvalue weighted by Crippen LogP contribution is 2.59. The number of fused-ring (bicyclic) bond motifs is 9. The van der Waals surface area contributed by atoms with Gasteiger partial charge in [-0.05, 0) is 122 Å². The van der Waals surface area contributed by atoms with Gasteiger partial charge in [0.1, 0.15) is 9.96 Å². The van der Waals surface area contributed by atoms with Crippen LogP contribution >= 0.6 is 22.7 Å². The van der Waals surface area contributed by atoms with Gasteiger partial charge in [-0.15, -0.1) is 35.8 Å². The number of thiophene rings is 2. The van der Waals surface area contributed by atoms with Crippen LogP contribution in [0, 0.1) is 5.41 Å². The van der Waals surface area contributed by atoms with E-state index in [0.29, 0.717) is 54.5 Å². The minimum atomic E-state index is -4.88. The van der Waals surface area contributed by atoms with E-state index in [-0.39, 0.29) is 35.4 Å². The molecule has 296 valence electrons. The predicted octanol–water partition coefficient (Wildman–Crippen LogP) is 10.0. The van der Waals surface area contributed by atoms with Gasteiger partial charge in [-0.1, -0.05) is 67.1 Å². The fourth-order valence-electron chi connectivity index (χ4n) is 8.48. The molecule has 4 atom stereocenters. The largest absolute Gasteiger partial charge is 0.573 e. The summed E-state index contributed by atoms with van der Waals surface area (Å²) in [5, 5.41) is 26.7. The van der Waals surface area contributed by atoms with Gasteiger partial charge >= 0.3 is 6.36 Å². The Morgan fingerprint density at radius 2 is 1.77 bits per heavy atom. The van der Waals surface area contributed by atoms with Crippen molar-refractivity contribution in [2.45, 2.75) is 93.5 Å². The Bertz CT molecular complexity index is 2300. The monoisotopic (exact) mass is 823 g/mol. The Kier molecular flexibility index (Phi) is 11.4. The summed E-state index contributed by atoms with van der Waals surface area (Å²) < 4.78 is 73.7. The highest BCUT2D eigenvalue weighted by molar-refractivity contribution is 7.91. The van der Waals surface area contributed by atoms with Crippen molar-refractivity contribution in [2.75, 3.05) is 6.54 Å². The number of halogens is 3. The van der Waals surface area contributed by atoms with E-state index in [1.165, 1.54) is 33.8 Å². The van der Waals surface area contributed by atoms with Gasteiger partial charge in [0.05, 0.1) is 16.6 Å². The Labute approximate surface area is 333 Å². The number of carbonyl (C=O) groups is 1. The van der Waals surface area contributed by atoms with Crippen LogP contribution in [0.15, 0.2) is 106 Å². The number of aliphatic hydroxyl groups excluding tert-OH is 1. The zero-order valence-electron chi connectivity index (χ0n) is 31.1. The highest BCUT2D eigenvalue weighted by atomic mass is 32.2. The maximum atomic E-state index is 14.6. The summed E-state index contributed by atoms with van der Waals surface area (Å²) in [5.74, 6) is -0.914. The maximum absolute atomic E-state index is 14.6. The molecule has 0 aliphatic heterocycles. The molecule has 7 nitrogen and oxygen atoms in total. The van der Waals surface area contributed by atoms with Gasteiger partial charge in [-0.2, -0.15) is 4.31 Å². The number of aliphatic hydroxyl groups is 2. The maximum Gasteiger partial charge on any atom is 0.573 e. The van der Waals surface area contributed by atoms with Crippen LogP contribution in [0.25, 0.3) is 10.1 Å².